The number of benzene rings is 3. The van der Waals surface area contributed by atoms with E-state index in [4.69, 9.17) is 27.9 Å². The number of sulfonamides is 1. The molecule has 0 aromatic heterocycles. The summed E-state index contributed by atoms with van der Waals surface area (Å²) in [6.07, 6.45) is 5.11. The smallest absolute Gasteiger partial charge is 0.244 e. The molecule has 2 amide bonds. The Bertz CT molecular complexity index is 1480. The highest BCUT2D eigenvalue weighted by Crippen LogP contribution is 2.26. The van der Waals surface area contributed by atoms with Crippen molar-refractivity contribution < 1.29 is 22.7 Å². The molecule has 8 nitrogen and oxygen atoms in total. The van der Waals surface area contributed by atoms with Crippen molar-refractivity contribution in [3.8, 4) is 5.75 Å². The normalized spacial score (nSPS) is 14.3. The SMILES string of the molecule is COc1ccc(N(CC(=O)N(Cc2ccc(Cl)c(Cl)c2)[C@H](Cc2ccccc2)C(=O)NC2CCCC2)S(C)(=O)=O)cc1. The molecular formula is C31H35Cl2N3O5S. The van der Waals surface area contributed by atoms with Gasteiger partial charge in [-0.15, -0.1) is 0 Å². The maximum Gasteiger partial charge on any atom is 0.244 e. The van der Waals surface area contributed by atoms with Gasteiger partial charge in [0.15, 0.2) is 0 Å². The quantitative estimate of drug-likeness (QED) is 0.286. The van der Waals surface area contributed by atoms with Crippen molar-refractivity contribution in [3.05, 3.63) is 94.0 Å². The Hall–Kier alpha value is -3.27. The van der Waals surface area contributed by atoms with Gasteiger partial charge >= 0.3 is 0 Å². The predicted octanol–water partition coefficient (Wildman–Crippen LogP) is 5.47. The number of amides is 2. The fourth-order valence-electron chi connectivity index (χ4n) is 5.12. The molecule has 0 heterocycles. The molecule has 1 aliphatic rings. The van der Waals surface area contributed by atoms with E-state index in [1.807, 2.05) is 30.3 Å². The van der Waals surface area contributed by atoms with E-state index in [0.29, 0.717) is 27.0 Å². The number of nitrogens with one attached hydrogen (secondary N) is 1. The van der Waals surface area contributed by atoms with Crippen LogP contribution in [0.2, 0.25) is 10.0 Å². The Labute approximate surface area is 257 Å². The molecule has 4 rings (SSSR count). The fourth-order valence-corrected chi connectivity index (χ4v) is 6.29. The summed E-state index contributed by atoms with van der Waals surface area (Å²) in [4.78, 5) is 29.5. The van der Waals surface area contributed by atoms with Crippen molar-refractivity contribution in [2.75, 3.05) is 24.2 Å². The first-order valence-electron chi connectivity index (χ1n) is 13.7. The van der Waals surface area contributed by atoms with Crippen LogP contribution in [-0.4, -0.2) is 57.1 Å². The van der Waals surface area contributed by atoms with Gasteiger partial charge in [0, 0.05) is 19.0 Å². The van der Waals surface area contributed by atoms with Crippen LogP contribution in [0.4, 0.5) is 5.69 Å². The van der Waals surface area contributed by atoms with E-state index in [-0.39, 0.29) is 24.9 Å². The number of anilines is 1. The molecule has 0 spiro atoms. The van der Waals surface area contributed by atoms with Gasteiger partial charge in [-0.1, -0.05) is 72.4 Å². The fraction of sp³-hybridized carbons (Fsp3) is 0.355. The van der Waals surface area contributed by atoms with Gasteiger partial charge in [0.2, 0.25) is 21.8 Å². The molecule has 3 aromatic rings. The van der Waals surface area contributed by atoms with Crippen LogP contribution in [0.15, 0.2) is 72.8 Å². The second kappa shape index (κ2) is 14.3. The van der Waals surface area contributed by atoms with Crippen molar-refractivity contribution in [2.45, 2.75) is 50.7 Å². The number of hydrogen-bond acceptors (Lipinski definition) is 5. The molecule has 224 valence electrons. The van der Waals surface area contributed by atoms with Gasteiger partial charge < -0.3 is 15.0 Å². The number of ether oxygens (including phenoxy) is 1. The standard InChI is InChI=1S/C31H35Cl2N3O5S/c1-41-26-15-13-25(14-16-26)36(42(2,39)40)21-30(37)35(20-23-12-17-27(32)28(33)18-23)29(19-22-8-4-3-5-9-22)31(38)34-24-10-6-7-11-24/h3-5,8-9,12-18,24,29H,6-7,10-11,19-21H2,1-2H3,(H,34,38)/t29-/m1/s1. The number of carbonyl (C=O) groups is 2. The van der Waals surface area contributed by atoms with Crippen LogP contribution in [0.25, 0.3) is 0 Å². The maximum atomic E-state index is 14.2. The summed E-state index contributed by atoms with van der Waals surface area (Å²) >= 11 is 12.4. The summed E-state index contributed by atoms with van der Waals surface area (Å²) < 4.78 is 32.1. The molecule has 0 radical (unpaired) electrons. The Balaban J connectivity index is 1.73. The largest absolute Gasteiger partial charge is 0.497 e. The molecule has 1 atom stereocenters. The topological polar surface area (TPSA) is 96.0 Å². The Morgan fingerprint density at radius 1 is 0.952 bits per heavy atom. The summed E-state index contributed by atoms with van der Waals surface area (Å²) in [6, 6.07) is 20.0. The first kappa shape index (κ1) is 31.7. The average molecular weight is 633 g/mol. The number of rotatable bonds is 12. The molecule has 1 saturated carbocycles. The molecular weight excluding hydrogens is 597 g/mol. The van der Waals surface area contributed by atoms with E-state index < -0.39 is 28.5 Å². The Kier molecular flexibility index (Phi) is 10.8. The highest BCUT2D eigenvalue weighted by molar-refractivity contribution is 7.92. The van der Waals surface area contributed by atoms with Crippen molar-refractivity contribution in [2.24, 2.45) is 0 Å². The Morgan fingerprint density at radius 3 is 2.21 bits per heavy atom. The Morgan fingerprint density at radius 2 is 1.62 bits per heavy atom. The number of hydrogen-bond donors (Lipinski definition) is 1. The summed E-state index contributed by atoms with van der Waals surface area (Å²) in [6.45, 7) is -0.486. The third-order valence-electron chi connectivity index (χ3n) is 7.35. The number of halogens is 2. The third kappa shape index (κ3) is 8.40. The van der Waals surface area contributed by atoms with Crippen molar-refractivity contribution in [1.82, 2.24) is 10.2 Å². The number of methoxy groups -OCH3 is 1. The summed E-state index contributed by atoms with van der Waals surface area (Å²) in [5, 5.41) is 3.82. The van der Waals surface area contributed by atoms with Gasteiger partial charge in [-0.05, 0) is 60.4 Å². The zero-order chi connectivity index (χ0) is 30.3. The number of nitrogens with zero attached hydrogens (tertiary/aromatic N) is 2. The molecule has 1 fully saturated rings. The number of carbonyl (C=O) groups excluding carboxylic acids is 2. The van der Waals surface area contributed by atoms with Crippen LogP contribution in [0.3, 0.4) is 0 Å². The molecule has 1 aliphatic carbocycles. The van der Waals surface area contributed by atoms with E-state index >= 15 is 0 Å². The van der Waals surface area contributed by atoms with Gasteiger partial charge in [0.05, 0.1) is 29.1 Å². The average Bonchev–Trinajstić information content (AvgIpc) is 3.48. The highest BCUT2D eigenvalue weighted by Gasteiger charge is 2.34. The van der Waals surface area contributed by atoms with E-state index in [9.17, 15) is 18.0 Å². The van der Waals surface area contributed by atoms with Gasteiger partial charge in [-0.25, -0.2) is 8.42 Å². The lowest BCUT2D eigenvalue weighted by Crippen LogP contribution is -2.54. The molecule has 0 saturated heterocycles. The van der Waals surface area contributed by atoms with Gasteiger partial charge in [0.25, 0.3) is 0 Å². The van der Waals surface area contributed by atoms with E-state index in [2.05, 4.69) is 5.32 Å². The van der Waals surface area contributed by atoms with Crippen molar-refractivity contribution >= 4 is 50.7 Å². The zero-order valence-corrected chi connectivity index (χ0v) is 26.0. The lowest BCUT2D eigenvalue weighted by Gasteiger charge is -2.34. The summed E-state index contributed by atoms with van der Waals surface area (Å²) in [7, 11) is -2.36. The van der Waals surface area contributed by atoms with Gasteiger partial charge in [-0.3, -0.25) is 13.9 Å². The second-order valence-corrected chi connectivity index (χ2v) is 13.2. The molecule has 42 heavy (non-hydrogen) atoms. The predicted molar refractivity (Wildman–Crippen MR) is 167 cm³/mol. The van der Waals surface area contributed by atoms with Crippen LogP contribution in [0, 0.1) is 0 Å². The van der Waals surface area contributed by atoms with E-state index in [0.717, 1.165) is 41.8 Å². The van der Waals surface area contributed by atoms with E-state index in [1.165, 1.54) is 12.0 Å². The van der Waals surface area contributed by atoms with Crippen LogP contribution < -0.4 is 14.4 Å². The summed E-state index contributed by atoms with van der Waals surface area (Å²) in [5.74, 6) is -0.273. The summed E-state index contributed by atoms with van der Waals surface area (Å²) in [5.41, 5.74) is 1.82. The molecule has 0 aliphatic heterocycles. The molecule has 0 unspecified atom stereocenters. The van der Waals surface area contributed by atoms with Gasteiger partial charge in [0.1, 0.15) is 18.3 Å². The molecule has 11 heteroatoms. The van der Waals surface area contributed by atoms with Crippen molar-refractivity contribution in [1.29, 1.82) is 0 Å². The van der Waals surface area contributed by atoms with E-state index in [1.54, 1.807) is 42.5 Å². The highest BCUT2D eigenvalue weighted by atomic mass is 35.5. The van der Waals surface area contributed by atoms with Crippen LogP contribution in [0.1, 0.15) is 36.8 Å². The van der Waals surface area contributed by atoms with Crippen LogP contribution >= 0.6 is 23.2 Å². The minimum atomic E-state index is -3.87. The third-order valence-corrected chi connectivity index (χ3v) is 9.23. The lowest BCUT2D eigenvalue weighted by molar-refractivity contribution is -0.140. The minimum Gasteiger partial charge on any atom is -0.497 e. The molecule has 3 aromatic carbocycles. The van der Waals surface area contributed by atoms with Crippen LogP contribution in [0.5, 0.6) is 5.75 Å². The van der Waals surface area contributed by atoms with Gasteiger partial charge in [-0.2, -0.15) is 0 Å². The first-order chi connectivity index (χ1) is 20.0. The monoisotopic (exact) mass is 631 g/mol. The zero-order valence-electron chi connectivity index (χ0n) is 23.6. The molecule has 1 N–H and O–H groups in total. The second-order valence-electron chi connectivity index (χ2n) is 10.4. The van der Waals surface area contributed by atoms with Crippen LogP contribution in [-0.2, 0) is 32.6 Å². The molecule has 0 bridgehead atoms. The minimum absolute atomic E-state index is 0.0194. The first-order valence-corrected chi connectivity index (χ1v) is 16.3. The van der Waals surface area contributed by atoms with Crippen molar-refractivity contribution in [3.63, 3.8) is 0 Å². The maximum absolute atomic E-state index is 14.2. The lowest BCUT2D eigenvalue weighted by atomic mass is 10.0.